The molecule has 0 unspecified atom stereocenters. The van der Waals surface area contributed by atoms with E-state index in [0.717, 1.165) is 39.3 Å². The van der Waals surface area contributed by atoms with Gasteiger partial charge in [-0.2, -0.15) is 5.26 Å². The van der Waals surface area contributed by atoms with Crippen LogP contribution in [-0.4, -0.2) is 61.6 Å². The first-order valence-electron chi connectivity index (χ1n) is 8.28. The highest BCUT2D eigenvalue weighted by molar-refractivity contribution is 5.76. The van der Waals surface area contributed by atoms with Gasteiger partial charge in [-0.25, -0.2) is 0 Å². The van der Waals surface area contributed by atoms with E-state index in [9.17, 15) is 4.79 Å². The molecule has 1 aromatic carbocycles. The van der Waals surface area contributed by atoms with Crippen molar-refractivity contribution >= 4 is 5.91 Å². The number of nitrogens with zero attached hydrogens (tertiary/aromatic N) is 3. The van der Waals surface area contributed by atoms with Crippen LogP contribution in [0.25, 0.3) is 0 Å². The van der Waals surface area contributed by atoms with Crippen molar-refractivity contribution in [3.63, 3.8) is 0 Å². The van der Waals surface area contributed by atoms with Gasteiger partial charge in [0.15, 0.2) is 0 Å². The molecule has 5 heteroatoms. The molecule has 0 spiro atoms. The summed E-state index contributed by atoms with van der Waals surface area (Å²) >= 11 is 0. The molecular weight excluding hydrogens is 290 g/mol. The summed E-state index contributed by atoms with van der Waals surface area (Å²) in [5, 5.41) is 8.81. The molecule has 0 atom stereocenters. The minimum atomic E-state index is 0.136. The van der Waals surface area contributed by atoms with E-state index in [1.807, 2.05) is 35.2 Å². The van der Waals surface area contributed by atoms with Crippen molar-refractivity contribution < 1.29 is 9.53 Å². The van der Waals surface area contributed by atoms with E-state index in [1.165, 1.54) is 5.56 Å². The van der Waals surface area contributed by atoms with Gasteiger partial charge < -0.3 is 9.64 Å². The second kappa shape index (κ2) is 9.98. The molecule has 1 heterocycles. The molecule has 1 fully saturated rings. The standard InChI is InChI=1S/C18H25N3O2/c19-9-4-10-21(12-11-20-13-15-23-16-14-20)18(22)8-7-17-5-2-1-3-6-17/h1-3,5-6H,4,7-8,10-16H2. The molecule has 0 aliphatic carbocycles. The number of rotatable bonds is 8. The summed E-state index contributed by atoms with van der Waals surface area (Å²) in [4.78, 5) is 16.6. The number of aryl methyl sites for hydroxylation is 1. The highest BCUT2D eigenvalue weighted by Crippen LogP contribution is 2.06. The van der Waals surface area contributed by atoms with E-state index in [0.29, 0.717) is 25.9 Å². The predicted octanol–water partition coefficient (Wildman–Crippen LogP) is 1.69. The maximum atomic E-state index is 12.5. The molecule has 124 valence electrons. The number of hydrogen-bond acceptors (Lipinski definition) is 4. The highest BCUT2D eigenvalue weighted by Gasteiger charge is 2.16. The zero-order valence-electron chi connectivity index (χ0n) is 13.6. The number of carbonyl (C=O) groups excluding carboxylic acids is 1. The molecular formula is C18H25N3O2. The average Bonchev–Trinajstić information content (AvgIpc) is 2.61. The quantitative estimate of drug-likeness (QED) is 0.732. The Morgan fingerprint density at radius 1 is 1.22 bits per heavy atom. The Kier molecular flexibility index (Phi) is 7.58. The number of benzene rings is 1. The molecule has 1 saturated heterocycles. The van der Waals surface area contributed by atoms with Crippen LogP contribution >= 0.6 is 0 Å². The number of hydrogen-bond donors (Lipinski definition) is 0. The summed E-state index contributed by atoms with van der Waals surface area (Å²) in [6.45, 7) is 5.44. The van der Waals surface area contributed by atoms with Crippen molar-refractivity contribution in [1.82, 2.24) is 9.80 Å². The minimum absolute atomic E-state index is 0.136. The van der Waals surface area contributed by atoms with Crippen LogP contribution in [0.5, 0.6) is 0 Å². The first kappa shape index (κ1) is 17.5. The Morgan fingerprint density at radius 3 is 2.65 bits per heavy atom. The summed E-state index contributed by atoms with van der Waals surface area (Å²) in [7, 11) is 0. The van der Waals surface area contributed by atoms with Crippen molar-refractivity contribution in [1.29, 1.82) is 5.26 Å². The Morgan fingerprint density at radius 2 is 1.96 bits per heavy atom. The van der Waals surface area contributed by atoms with Gasteiger partial charge in [-0.05, 0) is 12.0 Å². The Balaban J connectivity index is 1.80. The Labute approximate surface area is 138 Å². The number of carbonyl (C=O) groups is 1. The maximum absolute atomic E-state index is 12.5. The molecule has 1 amide bonds. The second-order valence-corrected chi connectivity index (χ2v) is 5.73. The molecule has 0 N–H and O–H groups in total. The third-order valence-corrected chi connectivity index (χ3v) is 4.11. The van der Waals surface area contributed by atoms with Crippen LogP contribution in [0.15, 0.2) is 30.3 Å². The molecule has 1 aromatic rings. The van der Waals surface area contributed by atoms with Crippen LogP contribution in [0.4, 0.5) is 0 Å². The lowest BCUT2D eigenvalue weighted by molar-refractivity contribution is -0.131. The number of amides is 1. The Hall–Kier alpha value is -1.90. The normalized spacial score (nSPS) is 15.1. The predicted molar refractivity (Wildman–Crippen MR) is 88.8 cm³/mol. The first-order valence-corrected chi connectivity index (χ1v) is 8.28. The highest BCUT2D eigenvalue weighted by atomic mass is 16.5. The maximum Gasteiger partial charge on any atom is 0.222 e. The molecule has 1 aliphatic heterocycles. The fourth-order valence-electron chi connectivity index (χ4n) is 2.69. The lowest BCUT2D eigenvalue weighted by Crippen LogP contribution is -2.43. The molecule has 5 nitrogen and oxygen atoms in total. The lowest BCUT2D eigenvalue weighted by Gasteiger charge is -2.30. The van der Waals surface area contributed by atoms with Gasteiger partial charge in [-0.1, -0.05) is 30.3 Å². The third kappa shape index (κ3) is 6.39. The topological polar surface area (TPSA) is 56.6 Å². The number of ether oxygens (including phenoxy) is 1. The smallest absolute Gasteiger partial charge is 0.222 e. The molecule has 0 bridgehead atoms. The second-order valence-electron chi connectivity index (χ2n) is 5.73. The summed E-state index contributed by atoms with van der Waals surface area (Å²) in [6.07, 6.45) is 1.64. The van der Waals surface area contributed by atoms with E-state index in [4.69, 9.17) is 10.00 Å². The summed E-state index contributed by atoms with van der Waals surface area (Å²) in [5.41, 5.74) is 1.18. The van der Waals surface area contributed by atoms with Gasteiger partial charge in [0, 0.05) is 39.1 Å². The van der Waals surface area contributed by atoms with Crippen LogP contribution in [0.2, 0.25) is 0 Å². The van der Waals surface area contributed by atoms with Gasteiger partial charge in [-0.3, -0.25) is 9.69 Å². The summed E-state index contributed by atoms with van der Waals surface area (Å²) < 4.78 is 5.34. The van der Waals surface area contributed by atoms with Gasteiger partial charge >= 0.3 is 0 Å². The fraction of sp³-hybridized carbons (Fsp3) is 0.556. The van der Waals surface area contributed by atoms with Crippen molar-refractivity contribution in [3.8, 4) is 6.07 Å². The van der Waals surface area contributed by atoms with E-state index in [2.05, 4.69) is 11.0 Å². The van der Waals surface area contributed by atoms with Crippen LogP contribution in [-0.2, 0) is 16.0 Å². The van der Waals surface area contributed by atoms with Crippen molar-refractivity contribution in [2.45, 2.75) is 19.3 Å². The molecule has 23 heavy (non-hydrogen) atoms. The van der Waals surface area contributed by atoms with Gasteiger partial charge in [-0.15, -0.1) is 0 Å². The van der Waals surface area contributed by atoms with Gasteiger partial charge in [0.2, 0.25) is 5.91 Å². The van der Waals surface area contributed by atoms with Crippen LogP contribution in [0, 0.1) is 11.3 Å². The lowest BCUT2D eigenvalue weighted by atomic mass is 10.1. The molecule has 2 rings (SSSR count). The van der Waals surface area contributed by atoms with Gasteiger partial charge in [0.05, 0.1) is 25.7 Å². The fourth-order valence-corrected chi connectivity index (χ4v) is 2.69. The minimum Gasteiger partial charge on any atom is -0.379 e. The molecule has 0 saturated carbocycles. The zero-order chi connectivity index (χ0) is 16.3. The monoisotopic (exact) mass is 315 g/mol. The van der Waals surface area contributed by atoms with Gasteiger partial charge in [0.1, 0.15) is 0 Å². The van der Waals surface area contributed by atoms with Crippen molar-refractivity contribution in [2.75, 3.05) is 45.9 Å². The van der Waals surface area contributed by atoms with E-state index < -0.39 is 0 Å². The van der Waals surface area contributed by atoms with Gasteiger partial charge in [0.25, 0.3) is 0 Å². The SMILES string of the molecule is N#CCCN(CCN1CCOCC1)C(=O)CCc1ccccc1. The Bertz CT molecular complexity index is 507. The average molecular weight is 315 g/mol. The van der Waals surface area contributed by atoms with Crippen molar-refractivity contribution in [2.24, 2.45) is 0 Å². The van der Waals surface area contributed by atoms with Crippen LogP contribution < -0.4 is 0 Å². The number of morpholine rings is 1. The largest absolute Gasteiger partial charge is 0.379 e. The van der Waals surface area contributed by atoms with E-state index in [1.54, 1.807) is 0 Å². The van der Waals surface area contributed by atoms with E-state index >= 15 is 0 Å². The number of nitriles is 1. The molecule has 1 aliphatic rings. The summed E-state index contributed by atoms with van der Waals surface area (Å²) in [5.74, 6) is 0.136. The third-order valence-electron chi connectivity index (χ3n) is 4.11. The van der Waals surface area contributed by atoms with Crippen molar-refractivity contribution in [3.05, 3.63) is 35.9 Å². The molecule has 0 aromatic heterocycles. The van der Waals surface area contributed by atoms with E-state index in [-0.39, 0.29) is 5.91 Å². The summed E-state index contributed by atoms with van der Waals surface area (Å²) in [6, 6.07) is 12.2. The van der Waals surface area contributed by atoms with Crippen LogP contribution in [0.1, 0.15) is 18.4 Å². The van der Waals surface area contributed by atoms with Crippen LogP contribution in [0.3, 0.4) is 0 Å². The first-order chi connectivity index (χ1) is 11.3. The zero-order valence-corrected chi connectivity index (χ0v) is 13.6. The molecule has 0 radical (unpaired) electrons.